The number of hydrogen-bond acceptors (Lipinski definition) is 3. The van der Waals surface area contributed by atoms with E-state index in [1.807, 2.05) is 17.0 Å². The van der Waals surface area contributed by atoms with E-state index in [4.69, 9.17) is 9.47 Å². The number of benzene rings is 3. The molecule has 1 amide bonds. The van der Waals surface area contributed by atoms with Crippen LogP contribution < -0.4 is 9.47 Å². The summed E-state index contributed by atoms with van der Waals surface area (Å²) in [7, 11) is 0. The molecule has 3 aromatic rings. The van der Waals surface area contributed by atoms with E-state index in [0.717, 1.165) is 31.7 Å². The zero-order valence-electron chi connectivity index (χ0n) is 15.7. The monoisotopic (exact) mass is 373 g/mol. The van der Waals surface area contributed by atoms with Crippen LogP contribution in [0.15, 0.2) is 78.9 Å². The lowest BCUT2D eigenvalue weighted by atomic mass is 10.1. The van der Waals surface area contributed by atoms with Gasteiger partial charge in [-0.15, -0.1) is 0 Å². The normalized spacial score (nSPS) is 14.4. The van der Waals surface area contributed by atoms with Gasteiger partial charge in [-0.05, 0) is 42.2 Å². The quantitative estimate of drug-likeness (QED) is 0.634. The molecule has 142 valence electrons. The Bertz CT molecular complexity index is 882. The molecule has 2 heterocycles. The molecule has 0 atom stereocenters. The molecule has 0 bridgehead atoms. The van der Waals surface area contributed by atoms with Crippen molar-refractivity contribution in [1.82, 2.24) is 4.90 Å². The summed E-state index contributed by atoms with van der Waals surface area (Å²) in [6.45, 7) is 1.98. The summed E-state index contributed by atoms with van der Waals surface area (Å²) in [5.74, 6) is 1.49. The minimum absolute atomic E-state index is 0.0933. The van der Waals surface area contributed by atoms with E-state index < -0.39 is 0 Å². The highest BCUT2D eigenvalue weighted by molar-refractivity contribution is 5.95. The number of hydrogen-bond donors (Lipinski definition) is 0. The van der Waals surface area contributed by atoms with Gasteiger partial charge in [-0.3, -0.25) is 4.79 Å². The molecular weight excluding hydrogens is 350 g/mol. The Morgan fingerprint density at radius 3 is 1.89 bits per heavy atom. The van der Waals surface area contributed by atoms with Gasteiger partial charge in [0.15, 0.2) is 11.5 Å². The molecule has 1 fully saturated rings. The van der Waals surface area contributed by atoms with E-state index in [2.05, 4.69) is 48.5 Å². The van der Waals surface area contributed by atoms with Gasteiger partial charge in [-0.1, -0.05) is 60.7 Å². The first-order chi connectivity index (χ1) is 13.8. The molecule has 0 spiro atoms. The van der Waals surface area contributed by atoms with Crippen LogP contribution in [0.5, 0.6) is 11.5 Å². The van der Waals surface area contributed by atoms with Gasteiger partial charge < -0.3 is 14.4 Å². The second-order valence-corrected chi connectivity index (χ2v) is 6.80. The fourth-order valence-electron chi connectivity index (χ4n) is 3.39. The molecule has 4 heteroatoms. The number of ether oxygens (including phenoxy) is 2. The predicted octanol–water partition coefficient (Wildman–Crippen LogP) is 5.00. The van der Waals surface area contributed by atoms with Crippen molar-refractivity contribution in [3.05, 3.63) is 84.4 Å². The fourth-order valence-corrected chi connectivity index (χ4v) is 3.39. The third-order valence-corrected chi connectivity index (χ3v) is 4.89. The van der Waals surface area contributed by atoms with Gasteiger partial charge in [-0.2, -0.15) is 0 Å². The van der Waals surface area contributed by atoms with Crippen LogP contribution in [-0.4, -0.2) is 30.7 Å². The van der Waals surface area contributed by atoms with E-state index in [1.54, 1.807) is 18.2 Å². The summed E-state index contributed by atoms with van der Waals surface area (Å²) in [5, 5.41) is 0. The summed E-state index contributed by atoms with van der Waals surface area (Å²) >= 11 is 0. The summed E-state index contributed by atoms with van der Waals surface area (Å²) in [5.41, 5.74) is 3.24. The molecule has 4 nitrogen and oxygen atoms in total. The first kappa shape index (κ1) is 18.1. The first-order valence-electron chi connectivity index (χ1n) is 9.61. The molecule has 5 rings (SSSR count). The van der Waals surface area contributed by atoms with E-state index in [1.165, 1.54) is 11.1 Å². The van der Waals surface area contributed by atoms with Crippen molar-refractivity contribution in [2.45, 2.75) is 12.8 Å². The SMILES string of the molecule is O=C(c1ccc2c(c1)OCO2)N1CCCC1.c1ccc(-c2ccccc2)cc1. The van der Waals surface area contributed by atoms with E-state index in [9.17, 15) is 4.79 Å². The highest BCUT2D eigenvalue weighted by atomic mass is 16.7. The number of rotatable bonds is 2. The molecule has 0 N–H and O–H groups in total. The second kappa shape index (κ2) is 8.61. The fraction of sp³-hybridized carbons (Fsp3) is 0.208. The van der Waals surface area contributed by atoms with Crippen molar-refractivity contribution < 1.29 is 14.3 Å². The van der Waals surface area contributed by atoms with Gasteiger partial charge >= 0.3 is 0 Å². The minimum atomic E-state index is 0.0933. The van der Waals surface area contributed by atoms with Gasteiger partial charge in [0.05, 0.1) is 0 Å². The molecule has 0 aromatic heterocycles. The Morgan fingerprint density at radius 2 is 1.29 bits per heavy atom. The van der Waals surface area contributed by atoms with E-state index in [-0.39, 0.29) is 12.7 Å². The Kier molecular flexibility index (Phi) is 5.57. The van der Waals surface area contributed by atoms with Crippen molar-refractivity contribution in [3.63, 3.8) is 0 Å². The Morgan fingerprint density at radius 1 is 0.714 bits per heavy atom. The Balaban J connectivity index is 0.000000143. The van der Waals surface area contributed by atoms with E-state index in [0.29, 0.717) is 11.3 Å². The number of carbonyl (C=O) groups is 1. The predicted molar refractivity (Wildman–Crippen MR) is 110 cm³/mol. The van der Waals surface area contributed by atoms with Crippen molar-refractivity contribution >= 4 is 5.91 Å². The lowest BCUT2D eigenvalue weighted by Gasteiger charge is -2.15. The Labute approximate surface area is 165 Å². The van der Waals surface area contributed by atoms with Crippen LogP contribution in [0.2, 0.25) is 0 Å². The smallest absolute Gasteiger partial charge is 0.253 e. The largest absolute Gasteiger partial charge is 0.454 e. The van der Waals surface area contributed by atoms with Crippen LogP contribution in [0.25, 0.3) is 11.1 Å². The van der Waals surface area contributed by atoms with E-state index >= 15 is 0 Å². The number of amides is 1. The van der Waals surface area contributed by atoms with Gasteiger partial charge in [-0.25, -0.2) is 0 Å². The van der Waals surface area contributed by atoms with Gasteiger partial charge in [0, 0.05) is 18.7 Å². The standard InChI is InChI=1S/C12H13NO3.C12H10/c14-12(13-5-1-2-6-13)9-3-4-10-11(7-9)16-8-15-10;1-3-7-11(8-4-1)12-9-5-2-6-10-12/h3-4,7H,1-2,5-6,8H2;1-10H. The number of nitrogens with zero attached hydrogens (tertiary/aromatic N) is 1. The van der Waals surface area contributed by atoms with Crippen molar-refractivity contribution in [2.24, 2.45) is 0 Å². The third kappa shape index (κ3) is 4.17. The van der Waals surface area contributed by atoms with Crippen LogP contribution >= 0.6 is 0 Å². The lowest BCUT2D eigenvalue weighted by molar-refractivity contribution is 0.0792. The van der Waals surface area contributed by atoms with Crippen LogP contribution in [0.4, 0.5) is 0 Å². The van der Waals surface area contributed by atoms with Gasteiger partial charge in [0.1, 0.15) is 0 Å². The zero-order valence-corrected chi connectivity index (χ0v) is 15.7. The number of likely N-dealkylation sites (tertiary alicyclic amines) is 1. The minimum Gasteiger partial charge on any atom is -0.454 e. The molecule has 2 aliphatic heterocycles. The number of carbonyl (C=O) groups excluding carboxylic acids is 1. The van der Waals surface area contributed by atoms with Crippen molar-refractivity contribution in [3.8, 4) is 22.6 Å². The molecule has 3 aromatic carbocycles. The molecule has 0 saturated carbocycles. The molecule has 0 aliphatic carbocycles. The van der Waals surface area contributed by atoms with Crippen molar-refractivity contribution in [1.29, 1.82) is 0 Å². The second-order valence-electron chi connectivity index (χ2n) is 6.80. The summed E-state index contributed by atoms with van der Waals surface area (Å²) in [6.07, 6.45) is 2.21. The lowest BCUT2D eigenvalue weighted by Crippen LogP contribution is -2.27. The van der Waals surface area contributed by atoms with Gasteiger partial charge in [0.2, 0.25) is 6.79 Å². The molecule has 0 radical (unpaired) electrons. The van der Waals surface area contributed by atoms with Crippen LogP contribution in [-0.2, 0) is 0 Å². The topological polar surface area (TPSA) is 38.8 Å². The van der Waals surface area contributed by atoms with Crippen LogP contribution in [0.3, 0.4) is 0 Å². The average Bonchev–Trinajstić information content (AvgIpc) is 3.46. The maximum absolute atomic E-state index is 12.1. The van der Waals surface area contributed by atoms with Crippen LogP contribution in [0.1, 0.15) is 23.2 Å². The highest BCUT2D eigenvalue weighted by Crippen LogP contribution is 2.33. The highest BCUT2D eigenvalue weighted by Gasteiger charge is 2.22. The third-order valence-electron chi connectivity index (χ3n) is 4.89. The van der Waals surface area contributed by atoms with Crippen molar-refractivity contribution in [2.75, 3.05) is 19.9 Å². The van der Waals surface area contributed by atoms with Gasteiger partial charge in [0.25, 0.3) is 5.91 Å². The van der Waals surface area contributed by atoms with Crippen LogP contribution in [0, 0.1) is 0 Å². The maximum Gasteiger partial charge on any atom is 0.253 e. The summed E-state index contributed by atoms with van der Waals surface area (Å²) < 4.78 is 10.5. The zero-order chi connectivity index (χ0) is 19.2. The molecule has 0 unspecified atom stereocenters. The molecule has 28 heavy (non-hydrogen) atoms. The average molecular weight is 373 g/mol. The number of fused-ring (bicyclic) bond motifs is 1. The summed E-state index contributed by atoms with van der Waals surface area (Å²) in [4.78, 5) is 14.0. The summed E-state index contributed by atoms with van der Waals surface area (Å²) in [6, 6.07) is 26.1. The molecule has 1 saturated heterocycles. The molecular formula is C24H23NO3. The molecule has 2 aliphatic rings. The first-order valence-corrected chi connectivity index (χ1v) is 9.61. The Hall–Kier alpha value is -3.27. The maximum atomic E-state index is 12.1.